The Morgan fingerprint density at radius 2 is 2.57 bits per heavy atom. The van der Waals surface area contributed by atoms with Crippen LogP contribution in [0.3, 0.4) is 0 Å². The first-order valence-electron chi connectivity index (χ1n) is 2.25. The zero-order valence-corrected chi connectivity index (χ0v) is 5.25. The molecule has 0 aromatic heterocycles. The predicted molar refractivity (Wildman–Crippen MR) is 33.3 cm³/mol. The fourth-order valence-corrected chi connectivity index (χ4v) is 1.10. The summed E-state index contributed by atoms with van der Waals surface area (Å²) in [7, 11) is 0. The average Bonchev–Trinajstić information content (AvgIpc) is 1.87. The lowest BCUT2D eigenvalue weighted by atomic mass is 10.7. The smallest absolute Gasteiger partial charge is 0.114 e. The summed E-state index contributed by atoms with van der Waals surface area (Å²) in [5.41, 5.74) is 0. The van der Waals surface area contributed by atoms with Crippen LogP contribution < -0.4 is 4.72 Å². The van der Waals surface area contributed by atoms with Crippen molar-refractivity contribution < 1.29 is 0 Å². The van der Waals surface area contributed by atoms with Gasteiger partial charge in [0.1, 0.15) is 11.2 Å². The summed E-state index contributed by atoms with van der Waals surface area (Å²) in [5, 5.41) is 0.417. The molecule has 1 unspecified atom stereocenters. The first-order valence-corrected chi connectivity index (χ1v) is 3.13. The minimum Gasteiger partial charge on any atom is -0.317 e. The summed E-state index contributed by atoms with van der Waals surface area (Å²) in [6, 6.07) is 0. The van der Waals surface area contributed by atoms with Gasteiger partial charge in [-0.25, -0.2) is 0 Å². The van der Waals surface area contributed by atoms with Crippen LogP contribution >= 0.6 is 11.9 Å². The average molecular weight is 116 g/mol. The van der Waals surface area contributed by atoms with E-state index in [1.165, 1.54) is 0 Å². The van der Waals surface area contributed by atoms with Crippen LogP contribution in [0.5, 0.6) is 0 Å². The molecule has 1 heterocycles. The van der Waals surface area contributed by atoms with Crippen molar-refractivity contribution in [2.45, 2.75) is 19.2 Å². The maximum atomic E-state index is 4.16. The molecule has 0 amide bonds. The van der Waals surface area contributed by atoms with Crippen LogP contribution in [-0.2, 0) is 0 Å². The van der Waals surface area contributed by atoms with Crippen LogP contribution in [0.25, 0.3) is 0 Å². The van der Waals surface area contributed by atoms with Gasteiger partial charge in [-0.3, -0.25) is 4.99 Å². The van der Waals surface area contributed by atoms with E-state index in [-0.39, 0.29) is 0 Å². The van der Waals surface area contributed by atoms with E-state index < -0.39 is 0 Å². The molecule has 0 saturated heterocycles. The van der Waals surface area contributed by atoms with Gasteiger partial charge in [-0.2, -0.15) is 0 Å². The number of nitrogens with zero attached hydrogens (tertiary/aromatic N) is 1. The maximum Gasteiger partial charge on any atom is 0.114 e. The van der Waals surface area contributed by atoms with E-state index in [4.69, 9.17) is 0 Å². The van der Waals surface area contributed by atoms with E-state index in [1.54, 1.807) is 11.9 Å². The van der Waals surface area contributed by atoms with Crippen molar-refractivity contribution in [1.82, 2.24) is 4.72 Å². The minimum absolute atomic E-state index is 0.417. The van der Waals surface area contributed by atoms with Crippen molar-refractivity contribution in [3.05, 3.63) is 0 Å². The van der Waals surface area contributed by atoms with Gasteiger partial charge in [-0.05, 0) is 25.8 Å². The topological polar surface area (TPSA) is 24.4 Å². The van der Waals surface area contributed by atoms with Gasteiger partial charge < -0.3 is 4.72 Å². The van der Waals surface area contributed by atoms with Crippen molar-refractivity contribution in [3.63, 3.8) is 0 Å². The third-order valence-corrected chi connectivity index (χ3v) is 1.61. The van der Waals surface area contributed by atoms with Crippen molar-refractivity contribution in [1.29, 1.82) is 0 Å². The minimum atomic E-state index is 0.417. The summed E-state index contributed by atoms with van der Waals surface area (Å²) in [5.74, 6) is 1.04. The number of amidine groups is 1. The SMILES string of the molecule is CC1=NC(C)SN1. The fourth-order valence-electron chi connectivity index (χ4n) is 0.496. The van der Waals surface area contributed by atoms with Crippen molar-refractivity contribution >= 4 is 17.8 Å². The van der Waals surface area contributed by atoms with Gasteiger partial charge in [-0.1, -0.05) is 0 Å². The van der Waals surface area contributed by atoms with Gasteiger partial charge in [0.2, 0.25) is 0 Å². The molecule has 2 nitrogen and oxygen atoms in total. The number of nitrogens with one attached hydrogen (secondary N) is 1. The van der Waals surface area contributed by atoms with E-state index in [1.807, 2.05) is 6.92 Å². The molecule has 1 N–H and O–H groups in total. The largest absolute Gasteiger partial charge is 0.317 e. The van der Waals surface area contributed by atoms with Crippen LogP contribution in [0, 0.1) is 0 Å². The molecule has 0 spiro atoms. The lowest BCUT2D eigenvalue weighted by Crippen LogP contribution is -2.03. The van der Waals surface area contributed by atoms with E-state index in [0.29, 0.717) is 5.37 Å². The van der Waals surface area contributed by atoms with Gasteiger partial charge in [0.05, 0.1) is 0 Å². The standard InChI is InChI=1S/C4H8N2S/c1-3-5-4(2)7-6-3/h4H,1-2H3,(H,5,6). The molecule has 0 radical (unpaired) electrons. The Morgan fingerprint density at radius 1 is 1.86 bits per heavy atom. The highest BCUT2D eigenvalue weighted by Gasteiger charge is 2.06. The Morgan fingerprint density at radius 3 is 2.71 bits per heavy atom. The van der Waals surface area contributed by atoms with E-state index in [9.17, 15) is 0 Å². The Hall–Kier alpha value is -0.180. The highest BCUT2D eigenvalue weighted by Crippen LogP contribution is 2.12. The Balaban J connectivity index is 2.50. The third-order valence-electron chi connectivity index (χ3n) is 0.753. The summed E-state index contributed by atoms with van der Waals surface area (Å²) < 4.78 is 3.04. The monoisotopic (exact) mass is 116 g/mol. The first kappa shape index (κ1) is 4.97. The van der Waals surface area contributed by atoms with Gasteiger partial charge in [0.15, 0.2) is 0 Å². The van der Waals surface area contributed by atoms with Gasteiger partial charge in [0, 0.05) is 0 Å². The molecule has 7 heavy (non-hydrogen) atoms. The molecular formula is C4H8N2S. The molecule has 1 aliphatic rings. The normalized spacial score (nSPS) is 29.4. The van der Waals surface area contributed by atoms with Crippen molar-refractivity contribution in [3.8, 4) is 0 Å². The first-order chi connectivity index (χ1) is 3.29. The zero-order chi connectivity index (χ0) is 5.28. The van der Waals surface area contributed by atoms with E-state index >= 15 is 0 Å². The Kier molecular flexibility index (Phi) is 1.23. The highest BCUT2D eigenvalue weighted by atomic mass is 32.2. The molecular weight excluding hydrogens is 108 g/mol. The molecule has 3 heteroatoms. The fraction of sp³-hybridized carbons (Fsp3) is 0.750. The number of hydrogen-bond acceptors (Lipinski definition) is 3. The number of aliphatic imine (C=N–C) groups is 1. The second-order valence-corrected chi connectivity index (χ2v) is 2.66. The lowest BCUT2D eigenvalue weighted by Gasteiger charge is -1.89. The van der Waals surface area contributed by atoms with Gasteiger partial charge in [-0.15, -0.1) is 0 Å². The summed E-state index contributed by atoms with van der Waals surface area (Å²) in [6.07, 6.45) is 0. The van der Waals surface area contributed by atoms with Crippen molar-refractivity contribution in [2.75, 3.05) is 0 Å². The maximum absolute atomic E-state index is 4.16. The molecule has 40 valence electrons. The van der Waals surface area contributed by atoms with Crippen molar-refractivity contribution in [2.24, 2.45) is 4.99 Å². The predicted octanol–water partition coefficient (Wildman–Crippen LogP) is 1.00. The second kappa shape index (κ2) is 1.74. The van der Waals surface area contributed by atoms with Gasteiger partial charge in [0.25, 0.3) is 0 Å². The summed E-state index contributed by atoms with van der Waals surface area (Å²) >= 11 is 1.65. The van der Waals surface area contributed by atoms with Gasteiger partial charge >= 0.3 is 0 Å². The molecule has 1 atom stereocenters. The van der Waals surface area contributed by atoms with E-state index in [2.05, 4.69) is 16.6 Å². The van der Waals surface area contributed by atoms with Crippen LogP contribution in [0.15, 0.2) is 4.99 Å². The third kappa shape index (κ3) is 1.09. The molecule has 0 fully saturated rings. The number of hydrogen-bond donors (Lipinski definition) is 1. The lowest BCUT2D eigenvalue weighted by molar-refractivity contribution is 1.06. The summed E-state index contributed by atoms with van der Waals surface area (Å²) in [4.78, 5) is 4.16. The molecule has 0 bridgehead atoms. The quantitative estimate of drug-likeness (QED) is 0.477. The van der Waals surface area contributed by atoms with Crippen LogP contribution in [0.4, 0.5) is 0 Å². The Bertz CT molecular complexity index is 99.9. The molecule has 0 aromatic carbocycles. The Labute approximate surface area is 47.5 Å². The highest BCUT2D eigenvalue weighted by molar-refractivity contribution is 7.98. The summed E-state index contributed by atoms with van der Waals surface area (Å²) in [6.45, 7) is 4.03. The zero-order valence-electron chi connectivity index (χ0n) is 4.43. The molecule has 0 aliphatic carbocycles. The molecule has 0 saturated carbocycles. The van der Waals surface area contributed by atoms with Crippen LogP contribution in [0.1, 0.15) is 13.8 Å². The van der Waals surface area contributed by atoms with Crippen LogP contribution in [0.2, 0.25) is 0 Å². The molecule has 0 aromatic rings. The second-order valence-electron chi connectivity index (χ2n) is 1.53. The van der Waals surface area contributed by atoms with Crippen LogP contribution in [-0.4, -0.2) is 11.2 Å². The number of rotatable bonds is 0. The van der Waals surface area contributed by atoms with E-state index in [0.717, 1.165) is 5.84 Å². The molecule has 1 rings (SSSR count). The molecule has 1 aliphatic heterocycles.